The van der Waals surface area contributed by atoms with Gasteiger partial charge < -0.3 is 10.2 Å². The molecule has 1 saturated carbocycles. The Morgan fingerprint density at radius 1 is 1.33 bits per heavy atom. The summed E-state index contributed by atoms with van der Waals surface area (Å²) in [5.74, 6) is 1.86. The lowest BCUT2D eigenvalue weighted by Crippen LogP contribution is -2.41. The summed E-state index contributed by atoms with van der Waals surface area (Å²) in [5, 5.41) is 3.20. The number of hydrogen-bond acceptors (Lipinski definition) is 2. The Balaban J connectivity index is 1.92. The minimum Gasteiger partial charge on any atom is -0.353 e. The highest BCUT2D eigenvalue weighted by atomic mass is 16.1. The quantitative estimate of drug-likeness (QED) is 0.740. The summed E-state index contributed by atoms with van der Waals surface area (Å²) >= 11 is 0. The molecule has 1 amide bonds. The van der Waals surface area contributed by atoms with Gasteiger partial charge in [0.15, 0.2) is 0 Å². The molecule has 3 heteroatoms. The second-order valence-electron chi connectivity index (χ2n) is 5.49. The molecule has 0 aromatic heterocycles. The van der Waals surface area contributed by atoms with E-state index in [9.17, 15) is 4.79 Å². The molecule has 1 heterocycles. The highest BCUT2D eigenvalue weighted by Crippen LogP contribution is 2.37. The van der Waals surface area contributed by atoms with E-state index >= 15 is 0 Å². The third kappa shape index (κ3) is 2.17. The summed E-state index contributed by atoms with van der Waals surface area (Å²) in [5.41, 5.74) is 0. The van der Waals surface area contributed by atoms with Crippen LogP contribution in [0.4, 0.5) is 0 Å². The smallest absolute Gasteiger partial charge is 0.222 e. The third-order valence-electron chi connectivity index (χ3n) is 3.89. The maximum Gasteiger partial charge on any atom is 0.222 e. The SMILES string of the molecule is CC(C)C(=O)N[C@@H]1CC[C@@H]2CN(C)C[C@@H]21. The molecule has 0 unspecified atom stereocenters. The van der Waals surface area contributed by atoms with Crippen molar-refractivity contribution in [2.75, 3.05) is 20.1 Å². The van der Waals surface area contributed by atoms with Crippen LogP contribution in [0.1, 0.15) is 26.7 Å². The van der Waals surface area contributed by atoms with E-state index in [-0.39, 0.29) is 11.8 Å². The maximum absolute atomic E-state index is 11.6. The second-order valence-corrected chi connectivity index (χ2v) is 5.49. The Morgan fingerprint density at radius 2 is 2.07 bits per heavy atom. The number of nitrogens with zero attached hydrogens (tertiary/aromatic N) is 1. The van der Waals surface area contributed by atoms with Crippen LogP contribution in [0.2, 0.25) is 0 Å². The molecule has 0 aromatic carbocycles. The van der Waals surface area contributed by atoms with Gasteiger partial charge in [-0.1, -0.05) is 13.8 Å². The molecule has 0 radical (unpaired) electrons. The van der Waals surface area contributed by atoms with Gasteiger partial charge in [-0.25, -0.2) is 0 Å². The van der Waals surface area contributed by atoms with Crippen molar-refractivity contribution >= 4 is 5.91 Å². The molecule has 3 nitrogen and oxygen atoms in total. The van der Waals surface area contributed by atoms with Crippen molar-refractivity contribution in [3.8, 4) is 0 Å². The molecule has 2 aliphatic rings. The summed E-state index contributed by atoms with van der Waals surface area (Å²) in [6.45, 7) is 6.30. The third-order valence-corrected chi connectivity index (χ3v) is 3.89. The highest BCUT2D eigenvalue weighted by molar-refractivity contribution is 5.78. The molecule has 2 rings (SSSR count). The van der Waals surface area contributed by atoms with E-state index in [1.165, 1.54) is 19.4 Å². The van der Waals surface area contributed by atoms with Crippen LogP contribution in [-0.4, -0.2) is 37.0 Å². The zero-order valence-corrected chi connectivity index (χ0v) is 9.99. The van der Waals surface area contributed by atoms with Crippen LogP contribution in [0.3, 0.4) is 0 Å². The Hall–Kier alpha value is -0.570. The standard InChI is InChI=1S/C12H22N2O/c1-8(2)12(15)13-11-5-4-9-6-14(3)7-10(9)11/h8-11H,4-7H2,1-3H3,(H,13,15)/t9-,10+,11-/m1/s1. The number of carbonyl (C=O) groups excluding carboxylic acids is 1. The van der Waals surface area contributed by atoms with Crippen LogP contribution in [0.5, 0.6) is 0 Å². The summed E-state index contributed by atoms with van der Waals surface area (Å²) in [6, 6.07) is 0.440. The first-order valence-electron chi connectivity index (χ1n) is 6.07. The van der Waals surface area contributed by atoms with Crippen molar-refractivity contribution in [3.63, 3.8) is 0 Å². The zero-order chi connectivity index (χ0) is 11.0. The van der Waals surface area contributed by atoms with Gasteiger partial charge >= 0.3 is 0 Å². The molecule has 0 aromatic rings. The Kier molecular flexibility index (Phi) is 3.01. The van der Waals surface area contributed by atoms with Gasteiger partial charge in [-0.3, -0.25) is 4.79 Å². The van der Waals surface area contributed by atoms with Crippen LogP contribution in [0.15, 0.2) is 0 Å². The molecule has 0 spiro atoms. The summed E-state index contributed by atoms with van der Waals surface area (Å²) in [4.78, 5) is 14.0. The lowest BCUT2D eigenvalue weighted by atomic mass is 9.97. The Morgan fingerprint density at radius 3 is 2.73 bits per heavy atom. The van der Waals surface area contributed by atoms with E-state index < -0.39 is 0 Å². The largest absolute Gasteiger partial charge is 0.353 e. The number of carbonyl (C=O) groups is 1. The van der Waals surface area contributed by atoms with Crippen LogP contribution < -0.4 is 5.32 Å². The van der Waals surface area contributed by atoms with Crippen molar-refractivity contribution in [2.24, 2.45) is 17.8 Å². The molecular weight excluding hydrogens is 188 g/mol. The summed E-state index contributed by atoms with van der Waals surface area (Å²) in [6.07, 6.45) is 2.47. The first-order valence-corrected chi connectivity index (χ1v) is 6.07. The molecule has 15 heavy (non-hydrogen) atoms. The van der Waals surface area contributed by atoms with E-state index in [1.54, 1.807) is 0 Å². The van der Waals surface area contributed by atoms with Gasteiger partial charge in [0.25, 0.3) is 0 Å². The van der Waals surface area contributed by atoms with Gasteiger partial charge in [-0.15, -0.1) is 0 Å². The van der Waals surface area contributed by atoms with Crippen molar-refractivity contribution < 1.29 is 4.79 Å². The average Bonchev–Trinajstić information content (AvgIpc) is 2.66. The topological polar surface area (TPSA) is 32.3 Å². The number of amides is 1. The fraction of sp³-hybridized carbons (Fsp3) is 0.917. The van der Waals surface area contributed by atoms with Gasteiger partial charge in [-0.05, 0) is 31.7 Å². The molecule has 0 bridgehead atoms. The van der Waals surface area contributed by atoms with E-state index in [0.29, 0.717) is 12.0 Å². The normalized spacial score (nSPS) is 35.9. The molecule has 1 aliphatic heterocycles. The van der Waals surface area contributed by atoms with Crippen molar-refractivity contribution in [2.45, 2.75) is 32.7 Å². The number of hydrogen-bond donors (Lipinski definition) is 1. The van der Waals surface area contributed by atoms with Gasteiger partial charge in [0.05, 0.1) is 0 Å². The van der Waals surface area contributed by atoms with E-state index in [0.717, 1.165) is 12.5 Å². The molecular formula is C12H22N2O. The second kappa shape index (κ2) is 4.12. The van der Waals surface area contributed by atoms with Crippen LogP contribution in [0.25, 0.3) is 0 Å². The lowest BCUT2D eigenvalue weighted by Gasteiger charge is -2.21. The highest BCUT2D eigenvalue weighted by Gasteiger charge is 2.41. The number of nitrogens with one attached hydrogen (secondary N) is 1. The van der Waals surface area contributed by atoms with E-state index in [1.807, 2.05) is 13.8 Å². The predicted octanol–water partition coefficient (Wildman–Crippen LogP) is 1.10. The van der Waals surface area contributed by atoms with Gasteiger partial charge in [0.2, 0.25) is 5.91 Å². The average molecular weight is 210 g/mol. The Labute approximate surface area is 92.2 Å². The molecule has 1 N–H and O–H groups in total. The first-order chi connectivity index (χ1) is 7.08. The lowest BCUT2D eigenvalue weighted by molar-refractivity contribution is -0.124. The van der Waals surface area contributed by atoms with Crippen LogP contribution in [-0.2, 0) is 4.79 Å². The van der Waals surface area contributed by atoms with Crippen molar-refractivity contribution in [1.82, 2.24) is 10.2 Å². The molecule has 86 valence electrons. The zero-order valence-electron chi connectivity index (χ0n) is 9.99. The van der Waals surface area contributed by atoms with E-state index in [2.05, 4.69) is 17.3 Å². The number of likely N-dealkylation sites (tertiary alicyclic amines) is 1. The molecule has 2 fully saturated rings. The minimum absolute atomic E-state index is 0.114. The first kappa shape index (κ1) is 10.9. The number of rotatable bonds is 2. The summed E-state index contributed by atoms with van der Waals surface area (Å²) < 4.78 is 0. The van der Waals surface area contributed by atoms with Gasteiger partial charge in [0, 0.05) is 25.0 Å². The van der Waals surface area contributed by atoms with Crippen molar-refractivity contribution in [3.05, 3.63) is 0 Å². The van der Waals surface area contributed by atoms with Crippen molar-refractivity contribution in [1.29, 1.82) is 0 Å². The van der Waals surface area contributed by atoms with Gasteiger partial charge in [0.1, 0.15) is 0 Å². The molecule has 3 atom stereocenters. The fourth-order valence-electron chi connectivity index (χ4n) is 3.02. The minimum atomic E-state index is 0.114. The van der Waals surface area contributed by atoms with Crippen LogP contribution >= 0.6 is 0 Å². The van der Waals surface area contributed by atoms with Gasteiger partial charge in [-0.2, -0.15) is 0 Å². The van der Waals surface area contributed by atoms with Crippen LogP contribution in [0, 0.1) is 17.8 Å². The Bertz CT molecular complexity index is 252. The molecule has 1 aliphatic carbocycles. The number of fused-ring (bicyclic) bond motifs is 1. The predicted molar refractivity (Wildman–Crippen MR) is 60.5 cm³/mol. The maximum atomic E-state index is 11.6. The monoisotopic (exact) mass is 210 g/mol. The molecule has 1 saturated heterocycles. The fourth-order valence-corrected chi connectivity index (χ4v) is 3.02. The van der Waals surface area contributed by atoms with E-state index in [4.69, 9.17) is 0 Å². The summed E-state index contributed by atoms with van der Waals surface area (Å²) in [7, 11) is 2.18.